The van der Waals surface area contributed by atoms with Crippen LogP contribution in [0.3, 0.4) is 0 Å². The van der Waals surface area contributed by atoms with E-state index >= 15 is 0 Å². The van der Waals surface area contributed by atoms with Crippen LogP contribution in [0.2, 0.25) is 5.15 Å². The number of benzene rings is 1. The minimum atomic E-state index is -0.416. The zero-order chi connectivity index (χ0) is 17.1. The van der Waals surface area contributed by atoms with E-state index in [4.69, 9.17) is 11.6 Å². The summed E-state index contributed by atoms with van der Waals surface area (Å²) in [6.45, 7) is 2.51. The minimum Gasteiger partial charge on any atom is -0.368 e. The molecule has 0 N–H and O–H groups in total. The molecule has 0 radical (unpaired) electrons. The van der Waals surface area contributed by atoms with Crippen molar-refractivity contribution in [2.24, 2.45) is 0 Å². The summed E-state index contributed by atoms with van der Waals surface area (Å²) in [6.07, 6.45) is 1.48. The number of piperazine rings is 1. The topological polar surface area (TPSA) is 79.6 Å². The van der Waals surface area contributed by atoms with E-state index in [1.54, 1.807) is 29.2 Å². The fourth-order valence-corrected chi connectivity index (χ4v) is 2.75. The number of nitro benzene ring substituents is 1. The Labute approximate surface area is 143 Å². The molecule has 0 unspecified atom stereocenters. The van der Waals surface area contributed by atoms with Gasteiger partial charge < -0.3 is 9.80 Å². The van der Waals surface area contributed by atoms with E-state index in [-0.39, 0.29) is 11.6 Å². The highest BCUT2D eigenvalue weighted by Gasteiger charge is 2.22. The van der Waals surface area contributed by atoms with Gasteiger partial charge in [-0.15, -0.1) is 0 Å². The molecule has 1 saturated heterocycles. The summed E-state index contributed by atoms with van der Waals surface area (Å²) in [5, 5.41) is 11.1. The third kappa shape index (κ3) is 3.46. The highest BCUT2D eigenvalue weighted by molar-refractivity contribution is 6.29. The molecule has 1 aliphatic heterocycles. The van der Waals surface area contributed by atoms with Crippen molar-refractivity contribution >= 4 is 28.9 Å². The van der Waals surface area contributed by atoms with Crippen LogP contribution in [0.25, 0.3) is 0 Å². The maximum absolute atomic E-state index is 12.4. The normalized spacial score (nSPS) is 14.5. The van der Waals surface area contributed by atoms with Crippen molar-refractivity contribution in [1.82, 2.24) is 9.88 Å². The van der Waals surface area contributed by atoms with Crippen molar-refractivity contribution in [2.75, 3.05) is 31.1 Å². The number of nitrogens with zero attached hydrogens (tertiary/aromatic N) is 4. The molecule has 1 aliphatic rings. The molecule has 8 heteroatoms. The molecule has 2 aromatic rings. The number of halogens is 1. The second-order valence-corrected chi connectivity index (χ2v) is 5.81. The van der Waals surface area contributed by atoms with E-state index in [1.807, 2.05) is 0 Å². The Balaban J connectivity index is 1.62. The highest BCUT2D eigenvalue weighted by atomic mass is 35.5. The largest absolute Gasteiger partial charge is 0.368 e. The average Bonchev–Trinajstić information content (AvgIpc) is 2.62. The van der Waals surface area contributed by atoms with Crippen LogP contribution in [0.4, 0.5) is 11.4 Å². The molecule has 0 aliphatic carbocycles. The Hall–Kier alpha value is -2.67. The lowest BCUT2D eigenvalue weighted by molar-refractivity contribution is -0.384. The Morgan fingerprint density at radius 2 is 1.75 bits per heavy atom. The molecule has 2 heterocycles. The van der Waals surface area contributed by atoms with E-state index < -0.39 is 4.92 Å². The molecule has 7 nitrogen and oxygen atoms in total. The minimum absolute atomic E-state index is 0.0671. The van der Waals surface area contributed by atoms with Gasteiger partial charge >= 0.3 is 0 Å². The van der Waals surface area contributed by atoms with Crippen LogP contribution >= 0.6 is 11.6 Å². The van der Waals surface area contributed by atoms with Crippen molar-refractivity contribution < 1.29 is 9.72 Å². The molecule has 124 valence electrons. The number of non-ortho nitro benzene ring substituents is 1. The van der Waals surface area contributed by atoms with Gasteiger partial charge in [0, 0.05) is 50.2 Å². The summed E-state index contributed by atoms with van der Waals surface area (Å²) in [7, 11) is 0. The van der Waals surface area contributed by atoms with Gasteiger partial charge in [-0.1, -0.05) is 11.6 Å². The second-order valence-electron chi connectivity index (χ2n) is 5.42. The maximum Gasteiger partial charge on any atom is 0.269 e. The van der Waals surface area contributed by atoms with Crippen LogP contribution in [0.15, 0.2) is 42.6 Å². The van der Waals surface area contributed by atoms with Crippen LogP contribution in [0.5, 0.6) is 0 Å². The molecule has 1 fully saturated rings. The van der Waals surface area contributed by atoms with Gasteiger partial charge in [0.25, 0.3) is 11.6 Å². The number of nitro groups is 1. The number of carbonyl (C=O) groups is 1. The van der Waals surface area contributed by atoms with Crippen LogP contribution in [0, 0.1) is 10.1 Å². The van der Waals surface area contributed by atoms with Crippen LogP contribution in [-0.2, 0) is 0 Å². The molecule has 1 aromatic heterocycles. The molecule has 0 atom stereocenters. The number of hydrogen-bond acceptors (Lipinski definition) is 5. The Morgan fingerprint density at radius 3 is 2.29 bits per heavy atom. The van der Waals surface area contributed by atoms with E-state index in [1.165, 1.54) is 18.3 Å². The third-order valence-electron chi connectivity index (χ3n) is 3.97. The van der Waals surface area contributed by atoms with E-state index in [9.17, 15) is 14.9 Å². The summed E-state index contributed by atoms with van der Waals surface area (Å²) in [5.41, 5.74) is 1.51. The second kappa shape index (κ2) is 6.84. The predicted molar refractivity (Wildman–Crippen MR) is 90.5 cm³/mol. The summed E-state index contributed by atoms with van der Waals surface area (Å²) in [6, 6.07) is 9.72. The third-order valence-corrected chi connectivity index (χ3v) is 4.19. The number of aromatic nitrogens is 1. The number of anilines is 1. The fourth-order valence-electron chi connectivity index (χ4n) is 2.64. The summed E-state index contributed by atoms with van der Waals surface area (Å²) in [5.74, 6) is -0.0671. The van der Waals surface area contributed by atoms with Gasteiger partial charge in [0.05, 0.1) is 10.5 Å². The first kappa shape index (κ1) is 16.2. The molecule has 1 amide bonds. The molecule has 24 heavy (non-hydrogen) atoms. The predicted octanol–water partition coefficient (Wildman–Crippen LogP) is 2.61. The van der Waals surface area contributed by atoms with Crippen LogP contribution in [-0.4, -0.2) is 46.9 Å². The number of hydrogen-bond donors (Lipinski definition) is 0. The van der Waals surface area contributed by atoms with Crippen molar-refractivity contribution in [1.29, 1.82) is 0 Å². The summed E-state index contributed by atoms with van der Waals surface area (Å²) in [4.78, 5) is 30.5. The zero-order valence-electron chi connectivity index (χ0n) is 12.8. The fraction of sp³-hybridized carbons (Fsp3) is 0.250. The molecule has 0 saturated carbocycles. The van der Waals surface area contributed by atoms with Gasteiger partial charge in [-0.2, -0.15) is 0 Å². The Bertz CT molecular complexity index is 741. The van der Waals surface area contributed by atoms with Gasteiger partial charge in [-0.3, -0.25) is 14.9 Å². The quantitative estimate of drug-likeness (QED) is 0.485. The Morgan fingerprint density at radius 1 is 1.08 bits per heavy atom. The molecule has 1 aromatic carbocycles. The first-order valence-corrected chi connectivity index (χ1v) is 7.82. The maximum atomic E-state index is 12.4. The smallest absolute Gasteiger partial charge is 0.269 e. The van der Waals surface area contributed by atoms with E-state index in [2.05, 4.69) is 9.88 Å². The van der Waals surface area contributed by atoms with Crippen molar-refractivity contribution in [3.05, 3.63) is 63.4 Å². The van der Waals surface area contributed by atoms with E-state index in [0.29, 0.717) is 36.9 Å². The lowest BCUT2D eigenvalue weighted by Crippen LogP contribution is -2.48. The molecular formula is C16H15ClN4O3. The average molecular weight is 347 g/mol. The lowest BCUT2D eigenvalue weighted by atomic mass is 10.2. The van der Waals surface area contributed by atoms with Crippen molar-refractivity contribution in [3.8, 4) is 0 Å². The van der Waals surface area contributed by atoms with Gasteiger partial charge in [-0.25, -0.2) is 4.98 Å². The standard InChI is InChI=1S/C16H15ClN4O3/c17-15-6-1-12(11-18-15)16(22)20-9-7-19(8-10-20)13-2-4-14(5-3-13)21(23)24/h1-6,11H,7-10H2. The zero-order valence-corrected chi connectivity index (χ0v) is 13.5. The molecule has 3 rings (SSSR count). The Kier molecular flexibility index (Phi) is 4.61. The summed E-state index contributed by atoms with van der Waals surface area (Å²) < 4.78 is 0. The van der Waals surface area contributed by atoms with Crippen molar-refractivity contribution in [3.63, 3.8) is 0 Å². The molecule has 0 spiro atoms. The monoisotopic (exact) mass is 346 g/mol. The highest BCUT2D eigenvalue weighted by Crippen LogP contribution is 2.21. The van der Waals surface area contributed by atoms with Crippen LogP contribution in [0.1, 0.15) is 10.4 Å². The number of carbonyl (C=O) groups excluding carboxylic acids is 1. The first-order chi connectivity index (χ1) is 11.5. The number of amides is 1. The summed E-state index contributed by atoms with van der Waals surface area (Å²) >= 11 is 5.73. The van der Waals surface area contributed by atoms with Gasteiger partial charge in [0.15, 0.2) is 0 Å². The van der Waals surface area contributed by atoms with E-state index in [0.717, 1.165) is 5.69 Å². The van der Waals surface area contributed by atoms with Crippen molar-refractivity contribution in [2.45, 2.75) is 0 Å². The number of pyridine rings is 1. The molecular weight excluding hydrogens is 332 g/mol. The number of rotatable bonds is 3. The lowest BCUT2D eigenvalue weighted by Gasteiger charge is -2.36. The van der Waals surface area contributed by atoms with Gasteiger partial charge in [0.1, 0.15) is 5.15 Å². The van der Waals surface area contributed by atoms with Crippen LogP contribution < -0.4 is 4.90 Å². The molecule has 0 bridgehead atoms. The van der Waals surface area contributed by atoms with Gasteiger partial charge in [0.2, 0.25) is 0 Å². The van der Waals surface area contributed by atoms with Gasteiger partial charge in [-0.05, 0) is 24.3 Å². The first-order valence-electron chi connectivity index (χ1n) is 7.45. The SMILES string of the molecule is O=C(c1ccc(Cl)nc1)N1CCN(c2ccc([N+](=O)[O-])cc2)CC1.